The highest BCUT2D eigenvalue weighted by molar-refractivity contribution is 5.96. The smallest absolute Gasteiger partial charge is 0.0743 e. The number of unbranched alkanes of at least 4 members (excludes halogenated alkanes) is 1. The van der Waals surface area contributed by atoms with E-state index in [-0.39, 0.29) is 0 Å². The van der Waals surface area contributed by atoms with Gasteiger partial charge in [0.25, 0.3) is 0 Å². The lowest BCUT2D eigenvalue weighted by Crippen LogP contribution is -2.06. The minimum absolute atomic E-state index is 0.695. The molecule has 1 aromatic carbocycles. The van der Waals surface area contributed by atoms with Gasteiger partial charge in [-0.25, -0.2) is 0 Å². The first-order valence-electron chi connectivity index (χ1n) is 6.19. The second-order valence-corrected chi connectivity index (χ2v) is 4.23. The van der Waals surface area contributed by atoms with Crippen LogP contribution >= 0.6 is 0 Å². The van der Waals surface area contributed by atoms with E-state index in [1.54, 1.807) is 13.3 Å². The molecule has 4 nitrogen and oxygen atoms in total. The zero-order valence-electron chi connectivity index (χ0n) is 10.6. The number of methoxy groups -OCH3 is 1. The van der Waals surface area contributed by atoms with Crippen LogP contribution in [-0.4, -0.2) is 25.2 Å². The molecule has 0 amide bonds. The number of nitrogen functional groups attached to an aromatic ring is 1. The summed E-state index contributed by atoms with van der Waals surface area (Å²) >= 11 is 0. The number of nitrogens with one attached hydrogen (secondary N) is 1. The number of rotatable bonds is 6. The Morgan fingerprint density at radius 3 is 2.94 bits per heavy atom. The van der Waals surface area contributed by atoms with Crippen LogP contribution in [-0.2, 0) is 4.74 Å². The van der Waals surface area contributed by atoms with E-state index in [0.717, 1.165) is 42.6 Å². The summed E-state index contributed by atoms with van der Waals surface area (Å²) in [5.41, 5.74) is 8.62. The minimum Gasteiger partial charge on any atom is -0.396 e. The lowest BCUT2D eigenvalue weighted by Gasteiger charge is -2.11. The molecular weight excluding hydrogens is 226 g/mol. The second-order valence-electron chi connectivity index (χ2n) is 4.23. The zero-order valence-corrected chi connectivity index (χ0v) is 10.6. The van der Waals surface area contributed by atoms with Gasteiger partial charge < -0.3 is 15.8 Å². The lowest BCUT2D eigenvalue weighted by molar-refractivity contribution is 0.194. The summed E-state index contributed by atoms with van der Waals surface area (Å²) in [6.07, 6.45) is 3.82. The molecule has 0 radical (unpaired) electrons. The zero-order chi connectivity index (χ0) is 12.8. The average Bonchev–Trinajstić information content (AvgIpc) is 2.41. The van der Waals surface area contributed by atoms with Crippen molar-refractivity contribution in [3.8, 4) is 0 Å². The van der Waals surface area contributed by atoms with E-state index < -0.39 is 0 Å². The van der Waals surface area contributed by atoms with E-state index >= 15 is 0 Å². The van der Waals surface area contributed by atoms with Crippen LogP contribution in [0.15, 0.2) is 30.5 Å². The molecule has 0 aliphatic carbocycles. The van der Waals surface area contributed by atoms with E-state index in [1.165, 1.54) is 0 Å². The second kappa shape index (κ2) is 6.21. The van der Waals surface area contributed by atoms with Crippen molar-refractivity contribution in [2.45, 2.75) is 12.8 Å². The van der Waals surface area contributed by atoms with E-state index in [0.29, 0.717) is 5.69 Å². The molecule has 1 heterocycles. The number of hydrogen-bond donors (Lipinski definition) is 2. The molecule has 2 rings (SSSR count). The van der Waals surface area contributed by atoms with Gasteiger partial charge in [0.2, 0.25) is 0 Å². The third-order valence-corrected chi connectivity index (χ3v) is 2.88. The van der Waals surface area contributed by atoms with Gasteiger partial charge in [-0.1, -0.05) is 18.2 Å². The maximum absolute atomic E-state index is 5.98. The number of para-hydroxylation sites is 1. The maximum Gasteiger partial charge on any atom is 0.0743 e. The summed E-state index contributed by atoms with van der Waals surface area (Å²) in [5.74, 6) is 0. The van der Waals surface area contributed by atoms with Gasteiger partial charge in [0, 0.05) is 25.6 Å². The fraction of sp³-hybridized carbons (Fsp3) is 0.357. The number of fused-ring (bicyclic) bond motifs is 1. The summed E-state index contributed by atoms with van der Waals surface area (Å²) in [6, 6.07) is 8.01. The molecule has 0 atom stereocenters. The summed E-state index contributed by atoms with van der Waals surface area (Å²) in [5, 5.41) is 4.47. The molecule has 0 spiro atoms. The Hall–Kier alpha value is -1.81. The Morgan fingerprint density at radius 1 is 1.28 bits per heavy atom. The standard InChI is InChI=1S/C14H19N3O/c1-18-9-5-4-8-16-14-11-6-2-3-7-13(11)17-10-12(14)15/h2-3,6-7,10H,4-5,8-9,15H2,1H3,(H,16,17). The fourth-order valence-corrected chi connectivity index (χ4v) is 1.94. The number of pyridine rings is 1. The van der Waals surface area contributed by atoms with Gasteiger partial charge in [-0.15, -0.1) is 0 Å². The number of hydrogen-bond acceptors (Lipinski definition) is 4. The highest BCUT2D eigenvalue weighted by Gasteiger charge is 2.05. The van der Waals surface area contributed by atoms with Crippen LogP contribution in [0.3, 0.4) is 0 Å². The van der Waals surface area contributed by atoms with Crippen LogP contribution in [0, 0.1) is 0 Å². The van der Waals surface area contributed by atoms with Gasteiger partial charge >= 0.3 is 0 Å². The molecule has 96 valence electrons. The quantitative estimate of drug-likeness (QED) is 0.768. The Labute approximate surface area is 107 Å². The number of nitrogens with zero attached hydrogens (tertiary/aromatic N) is 1. The van der Waals surface area contributed by atoms with Crippen molar-refractivity contribution in [3.05, 3.63) is 30.5 Å². The summed E-state index contributed by atoms with van der Waals surface area (Å²) in [6.45, 7) is 1.69. The molecule has 0 aliphatic rings. The summed E-state index contributed by atoms with van der Waals surface area (Å²) in [7, 11) is 1.72. The number of ether oxygens (including phenoxy) is 1. The molecule has 0 bridgehead atoms. The third-order valence-electron chi connectivity index (χ3n) is 2.88. The van der Waals surface area contributed by atoms with Crippen molar-refractivity contribution >= 4 is 22.3 Å². The van der Waals surface area contributed by atoms with Gasteiger partial charge in [0.15, 0.2) is 0 Å². The first kappa shape index (κ1) is 12.6. The summed E-state index contributed by atoms with van der Waals surface area (Å²) < 4.78 is 5.03. The average molecular weight is 245 g/mol. The van der Waals surface area contributed by atoms with E-state index in [2.05, 4.69) is 10.3 Å². The Morgan fingerprint density at radius 2 is 2.11 bits per heavy atom. The number of nitrogens with two attached hydrogens (primary N) is 1. The molecule has 4 heteroatoms. The van der Waals surface area contributed by atoms with Crippen LogP contribution in [0.4, 0.5) is 11.4 Å². The molecule has 0 unspecified atom stereocenters. The highest BCUT2D eigenvalue weighted by atomic mass is 16.5. The monoisotopic (exact) mass is 245 g/mol. The summed E-state index contributed by atoms with van der Waals surface area (Å²) in [4.78, 5) is 4.31. The highest BCUT2D eigenvalue weighted by Crippen LogP contribution is 2.27. The Balaban J connectivity index is 2.09. The molecular formula is C14H19N3O. The van der Waals surface area contributed by atoms with Gasteiger partial charge in [0.1, 0.15) is 0 Å². The van der Waals surface area contributed by atoms with Gasteiger partial charge in [0.05, 0.1) is 23.1 Å². The molecule has 2 aromatic rings. The maximum atomic E-state index is 5.98. The van der Waals surface area contributed by atoms with Crippen molar-refractivity contribution in [2.24, 2.45) is 0 Å². The normalized spacial score (nSPS) is 10.7. The molecule has 1 aromatic heterocycles. The largest absolute Gasteiger partial charge is 0.396 e. The van der Waals surface area contributed by atoms with Gasteiger partial charge in [-0.2, -0.15) is 0 Å². The van der Waals surface area contributed by atoms with Crippen LogP contribution in [0.2, 0.25) is 0 Å². The van der Waals surface area contributed by atoms with E-state index in [9.17, 15) is 0 Å². The number of benzene rings is 1. The predicted molar refractivity (Wildman–Crippen MR) is 75.8 cm³/mol. The number of anilines is 2. The molecule has 0 aliphatic heterocycles. The number of aromatic nitrogens is 1. The predicted octanol–water partition coefficient (Wildman–Crippen LogP) is 2.66. The van der Waals surface area contributed by atoms with Crippen molar-refractivity contribution in [1.82, 2.24) is 4.98 Å². The van der Waals surface area contributed by atoms with Crippen molar-refractivity contribution in [1.29, 1.82) is 0 Å². The lowest BCUT2D eigenvalue weighted by atomic mass is 10.1. The first-order valence-corrected chi connectivity index (χ1v) is 6.19. The van der Waals surface area contributed by atoms with Crippen LogP contribution in [0.5, 0.6) is 0 Å². The minimum atomic E-state index is 0.695. The van der Waals surface area contributed by atoms with Crippen molar-refractivity contribution in [3.63, 3.8) is 0 Å². The molecule has 0 fully saturated rings. The van der Waals surface area contributed by atoms with Crippen LogP contribution in [0.25, 0.3) is 10.9 Å². The topological polar surface area (TPSA) is 60.2 Å². The van der Waals surface area contributed by atoms with E-state index in [4.69, 9.17) is 10.5 Å². The first-order chi connectivity index (χ1) is 8.83. The molecule has 0 saturated carbocycles. The van der Waals surface area contributed by atoms with Crippen LogP contribution in [0.1, 0.15) is 12.8 Å². The van der Waals surface area contributed by atoms with Crippen molar-refractivity contribution < 1.29 is 4.74 Å². The van der Waals surface area contributed by atoms with Gasteiger partial charge in [-0.3, -0.25) is 4.98 Å². The third kappa shape index (κ3) is 2.90. The Kier molecular flexibility index (Phi) is 4.36. The molecule has 18 heavy (non-hydrogen) atoms. The van der Waals surface area contributed by atoms with Crippen molar-refractivity contribution in [2.75, 3.05) is 31.3 Å². The molecule has 0 saturated heterocycles. The molecule has 3 N–H and O–H groups in total. The van der Waals surface area contributed by atoms with Crippen LogP contribution < -0.4 is 11.1 Å². The fourth-order valence-electron chi connectivity index (χ4n) is 1.94. The van der Waals surface area contributed by atoms with E-state index in [1.807, 2.05) is 24.3 Å². The SMILES string of the molecule is COCCCCNc1c(N)cnc2ccccc12. The van der Waals surface area contributed by atoms with Gasteiger partial charge in [-0.05, 0) is 18.9 Å². The Bertz CT molecular complexity index is 513.